The molecule has 6 nitrogen and oxygen atoms in total. The largest absolute Gasteiger partial charge is 0.416 e. The molecule has 0 N–H and O–H groups in total. The van der Waals surface area contributed by atoms with Crippen LogP contribution in [0.3, 0.4) is 0 Å². The maximum atomic E-state index is 10.8. The predicted octanol–water partition coefficient (Wildman–Crippen LogP) is 4.21. The van der Waals surface area contributed by atoms with Crippen LogP contribution in [0.5, 0.6) is 0 Å². The van der Waals surface area contributed by atoms with E-state index in [0.29, 0.717) is 11.5 Å². The number of nitrogens with zero attached hydrogens (tertiary/aromatic N) is 3. The molecule has 0 saturated heterocycles. The number of aromatic nitrogens is 2. The number of rotatable bonds is 4. The topological polar surface area (TPSA) is 82.1 Å². The van der Waals surface area contributed by atoms with Crippen molar-refractivity contribution in [2.75, 3.05) is 0 Å². The van der Waals surface area contributed by atoms with E-state index in [1.54, 1.807) is 12.1 Å². The van der Waals surface area contributed by atoms with Gasteiger partial charge in [0.25, 0.3) is 5.69 Å². The fraction of sp³-hybridized carbons (Fsp3) is 0.0667. The molecular weight excluding hydrogens is 350 g/mol. The molecule has 0 bridgehead atoms. The first-order valence-electron chi connectivity index (χ1n) is 6.41. The Balaban J connectivity index is 1.93. The van der Waals surface area contributed by atoms with Gasteiger partial charge in [-0.15, -0.1) is 10.2 Å². The highest BCUT2D eigenvalue weighted by atomic mass is 79.9. The van der Waals surface area contributed by atoms with Crippen molar-refractivity contribution in [3.8, 4) is 22.9 Å². The van der Waals surface area contributed by atoms with Gasteiger partial charge in [-0.05, 0) is 23.8 Å². The summed E-state index contributed by atoms with van der Waals surface area (Å²) in [6, 6.07) is 13.8. The van der Waals surface area contributed by atoms with Crippen molar-refractivity contribution in [3.05, 3.63) is 64.2 Å². The second-order valence-electron chi connectivity index (χ2n) is 4.55. The van der Waals surface area contributed by atoms with E-state index >= 15 is 0 Å². The monoisotopic (exact) mass is 359 g/mol. The zero-order valence-corrected chi connectivity index (χ0v) is 12.9. The summed E-state index contributed by atoms with van der Waals surface area (Å²) in [5.41, 5.74) is 2.44. The minimum absolute atomic E-state index is 0.0149. The van der Waals surface area contributed by atoms with Crippen LogP contribution in [0.25, 0.3) is 22.9 Å². The van der Waals surface area contributed by atoms with Crippen molar-refractivity contribution >= 4 is 21.6 Å². The molecular formula is C15H10BrN3O3. The molecule has 7 heteroatoms. The number of halogens is 1. The molecule has 3 rings (SSSR count). The zero-order valence-electron chi connectivity index (χ0n) is 11.3. The fourth-order valence-electron chi connectivity index (χ4n) is 1.95. The summed E-state index contributed by atoms with van der Waals surface area (Å²) < 4.78 is 5.61. The number of alkyl halides is 1. The highest BCUT2D eigenvalue weighted by Gasteiger charge is 2.13. The van der Waals surface area contributed by atoms with E-state index in [0.717, 1.165) is 16.5 Å². The third-order valence-electron chi connectivity index (χ3n) is 3.08. The number of non-ortho nitro benzene ring substituents is 1. The molecule has 0 spiro atoms. The Kier molecular flexibility index (Phi) is 3.97. The standard InChI is InChI=1S/C15H10BrN3O3/c16-9-10-4-6-11(7-5-10)14-17-18-15(22-14)12-2-1-3-13(8-12)19(20)21/h1-8H,9H2. The van der Waals surface area contributed by atoms with Gasteiger partial charge in [0.1, 0.15) is 0 Å². The van der Waals surface area contributed by atoms with Crippen LogP contribution < -0.4 is 0 Å². The van der Waals surface area contributed by atoms with Crippen LogP contribution in [-0.2, 0) is 5.33 Å². The highest BCUT2D eigenvalue weighted by Crippen LogP contribution is 2.26. The van der Waals surface area contributed by atoms with Crippen LogP contribution >= 0.6 is 15.9 Å². The average Bonchev–Trinajstić information content (AvgIpc) is 3.05. The van der Waals surface area contributed by atoms with Gasteiger partial charge in [-0.25, -0.2) is 0 Å². The summed E-state index contributed by atoms with van der Waals surface area (Å²) >= 11 is 3.38. The number of hydrogen-bond donors (Lipinski definition) is 0. The molecule has 3 aromatic rings. The lowest BCUT2D eigenvalue weighted by Gasteiger charge is -1.97. The van der Waals surface area contributed by atoms with Crippen LogP contribution in [0.2, 0.25) is 0 Å². The summed E-state index contributed by atoms with van der Waals surface area (Å²) in [4.78, 5) is 10.3. The maximum Gasteiger partial charge on any atom is 0.270 e. The van der Waals surface area contributed by atoms with Gasteiger partial charge >= 0.3 is 0 Å². The molecule has 2 aromatic carbocycles. The van der Waals surface area contributed by atoms with Crippen molar-refractivity contribution in [3.63, 3.8) is 0 Å². The van der Waals surface area contributed by atoms with Gasteiger partial charge in [-0.1, -0.05) is 34.1 Å². The molecule has 0 aliphatic heterocycles. The van der Waals surface area contributed by atoms with E-state index in [4.69, 9.17) is 4.42 Å². The lowest BCUT2D eigenvalue weighted by molar-refractivity contribution is -0.384. The van der Waals surface area contributed by atoms with Gasteiger partial charge in [0.15, 0.2) is 0 Å². The SMILES string of the molecule is O=[N+]([O-])c1cccc(-c2nnc(-c3ccc(CBr)cc3)o2)c1. The molecule has 0 fully saturated rings. The summed E-state index contributed by atoms with van der Waals surface area (Å²) in [7, 11) is 0. The van der Waals surface area contributed by atoms with E-state index in [-0.39, 0.29) is 11.6 Å². The predicted molar refractivity (Wildman–Crippen MR) is 84.5 cm³/mol. The van der Waals surface area contributed by atoms with Crippen molar-refractivity contribution in [2.24, 2.45) is 0 Å². The Morgan fingerprint density at radius 3 is 2.36 bits per heavy atom. The molecule has 0 atom stereocenters. The van der Waals surface area contributed by atoms with Gasteiger partial charge in [0.2, 0.25) is 11.8 Å². The van der Waals surface area contributed by atoms with E-state index in [1.165, 1.54) is 12.1 Å². The lowest BCUT2D eigenvalue weighted by atomic mass is 10.1. The summed E-state index contributed by atoms with van der Waals surface area (Å²) in [6.07, 6.45) is 0. The lowest BCUT2D eigenvalue weighted by Crippen LogP contribution is -1.88. The van der Waals surface area contributed by atoms with E-state index in [2.05, 4.69) is 26.1 Å². The number of nitro benzene ring substituents is 1. The van der Waals surface area contributed by atoms with Crippen LogP contribution in [0.1, 0.15) is 5.56 Å². The summed E-state index contributed by atoms with van der Waals surface area (Å²) in [5, 5.41) is 19.5. The van der Waals surface area contributed by atoms with E-state index < -0.39 is 4.92 Å². The second kappa shape index (κ2) is 6.07. The van der Waals surface area contributed by atoms with Gasteiger partial charge in [-0.2, -0.15) is 0 Å². The molecule has 0 saturated carbocycles. The summed E-state index contributed by atoms with van der Waals surface area (Å²) in [5.74, 6) is 0.630. The molecule has 0 radical (unpaired) electrons. The van der Waals surface area contributed by atoms with E-state index in [1.807, 2.05) is 24.3 Å². The number of hydrogen-bond acceptors (Lipinski definition) is 5. The van der Waals surface area contributed by atoms with Crippen LogP contribution in [-0.4, -0.2) is 15.1 Å². The Hall–Kier alpha value is -2.54. The minimum atomic E-state index is -0.459. The Morgan fingerprint density at radius 1 is 1.05 bits per heavy atom. The molecule has 0 amide bonds. The first-order chi connectivity index (χ1) is 10.7. The van der Waals surface area contributed by atoms with Crippen LogP contribution in [0, 0.1) is 10.1 Å². The zero-order chi connectivity index (χ0) is 15.5. The maximum absolute atomic E-state index is 10.8. The molecule has 0 unspecified atom stereocenters. The smallest absolute Gasteiger partial charge is 0.270 e. The summed E-state index contributed by atoms with van der Waals surface area (Å²) in [6.45, 7) is 0. The minimum Gasteiger partial charge on any atom is -0.416 e. The molecule has 1 heterocycles. The highest BCUT2D eigenvalue weighted by molar-refractivity contribution is 9.08. The number of nitro groups is 1. The fourth-order valence-corrected chi connectivity index (χ4v) is 2.32. The Labute approximate surface area is 134 Å². The molecule has 0 aliphatic carbocycles. The third kappa shape index (κ3) is 2.89. The molecule has 22 heavy (non-hydrogen) atoms. The molecule has 110 valence electrons. The number of benzene rings is 2. The van der Waals surface area contributed by atoms with Gasteiger partial charge in [0.05, 0.1) is 4.92 Å². The van der Waals surface area contributed by atoms with Crippen molar-refractivity contribution in [1.29, 1.82) is 0 Å². The van der Waals surface area contributed by atoms with Crippen LogP contribution in [0.15, 0.2) is 52.9 Å². The van der Waals surface area contributed by atoms with Crippen LogP contribution in [0.4, 0.5) is 5.69 Å². The van der Waals surface area contributed by atoms with Gasteiger partial charge in [0, 0.05) is 28.6 Å². The second-order valence-corrected chi connectivity index (χ2v) is 5.11. The van der Waals surface area contributed by atoms with Crippen molar-refractivity contribution in [1.82, 2.24) is 10.2 Å². The van der Waals surface area contributed by atoms with Crippen molar-refractivity contribution in [2.45, 2.75) is 5.33 Å². The molecule has 0 aliphatic rings. The van der Waals surface area contributed by atoms with Crippen molar-refractivity contribution < 1.29 is 9.34 Å². The average molecular weight is 360 g/mol. The van der Waals surface area contributed by atoms with Gasteiger partial charge in [-0.3, -0.25) is 10.1 Å². The quantitative estimate of drug-likeness (QED) is 0.396. The first-order valence-corrected chi connectivity index (χ1v) is 7.53. The third-order valence-corrected chi connectivity index (χ3v) is 3.73. The Morgan fingerprint density at radius 2 is 1.73 bits per heavy atom. The van der Waals surface area contributed by atoms with E-state index in [9.17, 15) is 10.1 Å². The van der Waals surface area contributed by atoms with Gasteiger partial charge < -0.3 is 4.42 Å². The Bertz CT molecular complexity index is 815. The normalized spacial score (nSPS) is 10.6. The first kappa shape index (κ1) is 14.4. The molecule has 1 aromatic heterocycles.